The van der Waals surface area contributed by atoms with Crippen molar-refractivity contribution in [3.05, 3.63) is 23.5 Å². The molecule has 2 rings (SSSR count). The molecule has 0 aromatic carbocycles. The van der Waals surface area contributed by atoms with Crippen LogP contribution in [0.2, 0.25) is 0 Å². The summed E-state index contributed by atoms with van der Waals surface area (Å²) >= 11 is 0. The number of sulfonamides is 1. The number of carbonyl (C=O) groups is 1. The number of nitrogens with one attached hydrogen (secondary N) is 3. The van der Waals surface area contributed by atoms with E-state index >= 15 is 0 Å². The standard InChI is InChI=1S/C9H12N6O4S/c1-5-8(7(9(16)17)15-13-5)20(18,19)12-3-2-6-10-4-11-14-6/h4,12H,2-3H2,1H3,(H,13,15)(H,16,17)(H,10,11,14). The monoisotopic (exact) mass is 300 g/mol. The molecule has 20 heavy (non-hydrogen) atoms. The third kappa shape index (κ3) is 2.83. The maximum absolute atomic E-state index is 12.1. The second kappa shape index (κ2) is 5.38. The third-order valence-corrected chi connectivity index (χ3v) is 4.10. The molecule has 0 amide bonds. The lowest BCUT2D eigenvalue weighted by Gasteiger charge is -2.05. The van der Waals surface area contributed by atoms with E-state index in [-0.39, 0.29) is 17.1 Å². The van der Waals surface area contributed by atoms with Crippen molar-refractivity contribution >= 4 is 16.0 Å². The van der Waals surface area contributed by atoms with Gasteiger partial charge in [0.1, 0.15) is 17.0 Å². The van der Waals surface area contributed by atoms with Gasteiger partial charge in [0.05, 0.1) is 5.69 Å². The van der Waals surface area contributed by atoms with Crippen LogP contribution in [-0.4, -0.2) is 51.4 Å². The fourth-order valence-corrected chi connectivity index (χ4v) is 2.97. The fourth-order valence-electron chi connectivity index (χ4n) is 1.62. The van der Waals surface area contributed by atoms with Crippen molar-refractivity contribution in [2.45, 2.75) is 18.2 Å². The highest BCUT2D eigenvalue weighted by Gasteiger charge is 2.27. The van der Waals surface area contributed by atoms with Gasteiger partial charge in [0.2, 0.25) is 10.0 Å². The van der Waals surface area contributed by atoms with E-state index in [1.807, 2.05) is 0 Å². The van der Waals surface area contributed by atoms with E-state index in [9.17, 15) is 13.2 Å². The topological polar surface area (TPSA) is 154 Å². The van der Waals surface area contributed by atoms with E-state index in [4.69, 9.17) is 5.11 Å². The van der Waals surface area contributed by atoms with Crippen LogP contribution in [0.4, 0.5) is 0 Å². The zero-order valence-electron chi connectivity index (χ0n) is 10.4. The Kier molecular flexibility index (Phi) is 3.81. The highest BCUT2D eigenvalue weighted by atomic mass is 32.2. The van der Waals surface area contributed by atoms with Crippen LogP contribution in [0, 0.1) is 6.92 Å². The number of aromatic amines is 2. The summed E-state index contributed by atoms with van der Waals surface area (Å²) in [5, 5.41) is 21.0. The maximum Gasteiger partial charge on any atom is 0.357 e. The highest BCUT2D eigenvalue weighted by molar-refractivity contribution is 7.89. The number of carboxylic acids is 1. The van der Waals surface area contributed by atoms with E-state index < -0.39 is 21.7 Å². The number of aryl methyl sites for hydroxylation is 1. The highest BCUT2D eigenvalue weighted by Crippen LogP contribution is 2.17. The molecule has 0 fully saturated rings. The van der Waals surface area contributed by atoms with Crippen molar-refractivity contribution < 1.29 is 18.3 Å². The van der Waals surface area contributed by atoms with Crippen LogP contribution < -0.4 is 4.72 Å². The normalized spacial score (nSPS) is 11.7. The molecule has 0 unspecified atom stereocenters. The van der Waals surface area contributed by atoms with Gasteiger partial charge in [-0.15, -0.1) is 0 Å². The molecule has 0 aliphatic rings. The second-order valence-electron chi connectivity index (χ2n) is 3.91. The molecule has 0 bridgehead atoms. The van der Waals surface area contributed by atoms with Crippen LogP contribution >= 0.6 is 0 Å². The Morgan fingerprint density at radius 3 is 2.80 bits per heavy atom. The molecule has 2 heterocycles. The van der Waals surface area contributed by atoms with Crippen molar-refractivity contribution in [3.8, 4) is 0 Å². The van der Waals surface area contributed by atoms with Gasteiger partial charge in [-0.3, -0.25) is 10.2 Å². The molecule has 0 saturated carbocycles. The quantitative estimate of drug-likeness (QED) is 0.536. The molecule has 2 aromatic rings. The molecule has 0 atom stereocenters. The Labute approximate surface area is 113 Å². The molecule has 11 heteroatoms. The summed E-state index contributed by atoms with van der Waals surface area (Å²) in [5.74, 6) is -0.889. The van der Waals surface area contributed by atoms with Gasteiger partial charge in [-0.05, 0) is 6.92 Å². The van der Waals surface area contributed by atoms with Crippen molar-refractivity contribution in [1.29, 1.82) is 0 Å². The summed E-state index contributed by atoms with van der Waals surface area (Å²) < 4.78 is 26.5. The maximum atomic E-state index is 12.1. The van der Waals surface area contributed by atoms with Crippen LogP contribution in [0.5, 0.6) is 0 Å². The van der Waals surface area contributed by atoms with E-state index in [2.05, 4.69) is 30.1 Å². The molecule has 0 saturated heterocycles. The van der Waals surface area contributed by atoms with Crippen LogP contribution in [0.15, 0.2) is 11.2 Å². The zero-order chi connectivity index (χ0) is 14.8. The average molecular weight is 300 g/mol. The van der Waals surface area contributed by atoms with Crippen molar-refractivity contribution in [2.75, 3.05) is 6.54 Å². The first-order valence-electron chi connectivity index (χ1n) is 5.54. The van der Waals surface area contributed by atoms with E-state index in [0.29, 0.717) is 12.2 Å². The van der Waals surface area contributed by atoms with Gasteiger partial charge in [0.15, 0.2) is 5.69 Å². The summed E-state index contributed by atoms with van der Waals surface area (Å²) in [5.41, 5.74) is -0.371. The second-order valence-corrected chi connectivity index (χ2v) is 5.62. The van der Waals surface area contributed by atoms with Gasteiger partial charge in [0.25, 0.3) is 0 Å². The molecular weight excluding hydrogens is 288 g/mol. The Morgan fingerprint density at radius 2 is 2.20 bits per heavy atom. The van der Waals surface area contributed by atoms with Crippen molar-refractivity contribution in [1.82, 2.24) is 30.1 Å². The van der Waals surface area contributed by atoms with Gasteiger partial charge in [-0.2, -0.15) is 10.2 Å². The fraction of sp³-hybridized carbons (Fsp3) is 0.333. The average Bonchev–Trinajstić information content (AvgIpc) is 2.98. The van der Waals surface area contributed by atoms with Gasteiger partial charge >= 0.3 is 5.97 Å². The molecule has 2 aromatic heterocycles. The number of carboxylic acid groups (broad SMARTS) is 1. The van der Waals surface area contributed by atoms with Gasteiger partial charge in [-0.25, -0.2) is 22.9 Å². The lowest BCUT2D eigenvalue weighted by atomic mass is 10.4. The molecule has 108 valence electrons. The van der Waals surface area contributed by atoms with E-state index in [0.717, 1.165) is 0 Å². The number of H-pyrrole nitrogens is 2. The Morgan fingerprint density at radius 1 is 1.45 bits per heavy atom. The van der Waals surface area contributed by atoms with Crippen molar-refractivity contribution in [3.63, 3.8) is 0 Å². The number of rotatable bonds is 6. The third-order valence-electron chi connectivity index (χ3n) is 2.48. The first kappa shape index (κ1) is 14.1. The Bertz CT molecular complexity index is 705. The minimum Gasteiger partial charge on any atom is -0.476 e. The Balaban J connectivity index is 2.14. The van der Waals surface area contributed by atoms with E-state index in [1.165, 1.54) is 13.3 Å². The molecule has 0 spiro atoms. The zero-order valence-corrected chi connectivity index (χ0v) is 11.2. The summed E-state index contributed by atoms with van der Waals surface area (Å²) in [7, 11) is -3.96. The van der Waals surface area contributed by atoms with Gasteiger partial charge < -0.3 is 5.11 Å². The predicted molar refractivity (Wildman–Crippen MR) is 65.6 cm³/mol. The number of aromatic carboxylic acids is 1. The molecule has 4 N–H and O–H groups in total. The predicted octanol–water partition coefficient (Wildman–Crippen LogP) is -0.945. The summed E-state index contributed by atoms with van der Waals surface area (Å²) in [6.07, 6.45) is 1.62. The molecule has 0 aliphatic heterocycles. The molecule has 10 nitrogen and oxygen atoms in total. The number of nitrogens with zero attached hydrogens (tertiary/aromatic N) is 3. The first-order valence-corrected chi connectivity index (χ1v) is 7.02. The van der Waals surface area contributed by atoms with Crippen LogP contribution in [-0.2, 0) is 16.4 Å². The van der Waals surface area contributed by atoms with Crippen LogP contribution in [0.3, 0.4) is 0 Å². The van der Waals surface area contributed by atoms with Crippen molar-refractivity contribution in [2.24, 2.45) is 0 Å². The smallest absolute Gasteiger partial charge is 0.357 e. The number of hydrogen-bond donors (Lipinski definition) is 4. The van der Waals surface area contributed by atoms with Crippen LogP contribution in [0.25, 0.3) is 0 Å². The SMILES string of the molecule is Cc1[nH]nc(C(=O)O)c1S(=O)(=O)NCCc1ncn[nH]1. The number of hydrogen-bond acceptors (Lipinski definition) is 6. The molecule has 0 aliphatic carbocycles. The summed E-state index contributed by atoms with van der Waals surface area (Å²) in [6, 6.07) is 0. The summed E-state index contributed by atoms with van der Waals surface area (Å²) in [4.78, 5) is 14.4. The first-order chi connectivity index (χ1) is 9.42. The number of aromatic nitrogens is 5. The minimum atomic E-state index is -3.96. The lowest BCUT2D eigenvalue weighted by Crippen LogP contribution is -2.28. The lowest BCUT2D eigenvalue weighted by molar-refractivity contribution is 0.0686. The van der Waals surface area contributed by atoms with Gasteiger partial charge in [0, 0.05) is 13.0 Å². The molecular formula is C9H12N6O4S. The van der Waals surface area contributed by atoms with E-state index in [1.54, 1.807) is 0 Å². The Hall–Kier alpha value is -2.27. The summed E-state index contributed by atoms with van der Waals surface area (Å²) in [6.45, 7) is 1.49. The van der Waals surface area contributed by atoms with Crippen LogP contribution in [0.1, 0.15) is 22.0 Å². The largest absolute Gasteiger partial charge is 0.476 e. The molecule has 0 radical (unpaired) electrons. The van der Waals surface area contributed by atoms with Gasteiger partial charge in [-0.1, -0.05) is 0 Å². The minimum absolute atomic E-state index is 0.0568.